The van der Waals surface area contributed by atoms with E-state index in [1.807, 2.05) is 11.8 Å². The molecule has 0 aromatic carbocycles. The lowest BCUT2D eigenvalue weighted by Gasteiger charge is -2.34. The molecule has 0 aliphatic carbocycles. The van der Waals surface area contributed by atoms with E-state index in [9.17, 15) is 13.2 Å². The highest BCUT2D eigenvalue weighted by atomic mass is 32.2. The number of rotatable bonds is 7. The molecule has 1 aromatic rings. The topological polar surface area (TPSA) is 96.3 Å². The fraction of sp³-hybridized carbons (Fsp3) is 0.714. The van der Waals surface area contributed by atoms with Crippen LogP contribution in [0.3, 0.4) is 0 Å². The van der Waals surface area contributed by atoms with E-state index in [4.69, 9.17) is 0 Å². The number of aryl methyl sites for hydroxylation is 1. The van der Waals surface area contributed by atoms with Gasteiger partial charge in [-0.1, -0.05) is 6.92 Å². The van der Waals surface area contributed by atoms with E-state index >= 15 is 0 Å². The van der Waals surface area contributed by atoms with Gasteiger partial charge in [-0.2, -0.15) is 5.10 Å². The molecule has 130 valence electrons. The molecular formula is C14H25N5O3S. The van der Waals surface area contributed by atoms with E-state index in [0.29, 0.717) is 6.54 Å². The van der Waals surface area contributed by atoms with Gasteiger partial charge < -0.3 is 10.2 Å². The molecular weight excluding hydrogens is 318 g/mol. The van der Waals surface area contributed by atoms with Crippen molar-refractivity contribution in [3.05, 3.63) is 12.4 Å². The Balaban J connectivity index is 1.98. The van der Waals surface area contributed by atoms with E-state index in [0.717, 1.165) is 32.4 Å². The number of carbonyl (C=O) groups is 1. The molecule has 9 heteroatoms. The highest BCUT2D eigenvalue weighted by Gasteiger charge is 2.26. The zero-order valence-corrected chi connectivity index (χ0v) is 14.5. The molecule has 0 radical (unpaired) electrons. The number of piperidine rings is 1. The zero-order chi connectivity index (χ0) is 16.9. The first kappa shape index (κ1) is 17.9. The minimum absolute atomic E-state index is 0.0664. The third kappa shape index (κ3) is 4.76. The summed E-state index contributed by atoms with van der Waals surface area (Å²) in [6.45, 7) is 4.22. The van der Waals surface area contributed by atoms with Crippen molar-refractivity contribution in [3.63, 3.8) is 0 Å². The summed E-state index contributed by atoms with van der Waals surface area (Å²) < 4.78 is 28.1. The summed E-state index contributed by atoms with van der Waals surface area (Å²) in [6, 6.07) is 0.187. The molecule has 1 aliphatic rings. The number of carbonyl (C=O) groups excluding carboxylic acids is 1. The number of sulfonamides is 1. The second-order valence-corrected chi connectivity index (χ2v) is 7.51. The van der Waals surface area contributed by atoms with Crippen molar-refractivity contribution >= 4 is 15.9 Å². The number of nitrogens with one attached hydrogen (secondary N) is 2. The van der Waals surface area contributed by atoms with Gasteiger partial charge in [0, 0.05) is 25.8 Å². The van der Waals surface area contributed by atoms with E-state index in [1.165, 1.54) is 17.1 Å². The summed E-state index contributed by atoms with van der Waals surface area (Å²) in [7, 11) is -2.06. The van der Waals surface area contributed by atoms with Crippen LogP contribution in [0.15, 0.2) is 17.3 Å². The van der Waals surface area contributed by atoms with E-state index in [2.05, 4.69) is 15.1 Å². The third-order valence-corrected chi connectivity index (χ3v) is 5.30. The van der Waals surface area contributed by atoms with Crippen LogP contribution in [0.25, 0.3) is 0 Å². The first-order valence-electron chi connectivity index (χ1n) is 7.92. The van der Waals surface area contributed by atoms with Crippen molar-refractivity contribution in [2.24, 2.45) is 7.05 Å². The van der Waals surface area contributed by atoms with Crippen LogP contribution in [0.2, 0.25) is 0 Å². The number of aromatic nitrogens is 2. The molecule has 23 heavy (non-hydrogen) atoms. The Bertz CT molecular complexity index is 622. The minimum atomic E-state index is -3.71. The van der Waals surface area contributed by atoms with Gasteiger partial charge in [-0.25, -0.2) is 13.1 Å². The summed E-state index contributed by atoms with van der Waals surface area (Å²) in [5.74, 6) is -0.175. The van der Waals surface area contributed by atoms with Crippen molar-refractivity contribution in [3.8, 4) is 0 Å². The Morgan fingerprint density at radius 1 is 1.48 bits per heavy atom. The molecule has 0 atom stereocenters. The quantitative estimate of drug-likeness (QED) is 0.708. The van der Waals surface area contributed by atoms with Crippen molar-refractivity contribution in [2.75, 3.05) is 26.2 Å². The number of amides is 1. The fourth-order valence-corrected chi connectivity index (χ4v) is 3.71. The summed E-state index contributed by atoms with van der Waals surface area (Å²) in [5, 5.41) is 7.12. The van der Waals surface area contributed by atoms with E-state index in [1.54, 1.807) is 7.05 Å². The van der Waals surface area contributed by atoms with Crippen LogP contribution >= 0.6 is 0 Å². The third-order valence-electron chi connectivity index (χ3n) is 3.94. The molecule has 1 saturated heterocycles. The highest BCUT2D eigenvalue weighted by Crippen LogP contribution is 2.13. The number of hydrogen-bond acceptors (Lipinski definition) is 5. The molecule has 0 spiro atoms. The van der Waals surface area contributed by atoms with Crippen molar-refractivity contribution in [1.82, 2.24) is 24.7 Å². The van der Waals surface area contributed by atoms with Crippen LogP contribution in [0, 0.1) is 0 Å². The standard InChI is InChI=1S/C14H25N5O3S/c1-3-8-19(12-4-6-15-7-5-12)14(20)10-17-23(21,22)13-9-16-18(2)11-13/h9,11-12,15,17H,3-8,10H2,1-2H3. The van der Waals surface area contributed by atoms with Gasteiger partial charge in [0.1, 0.15) is 4.90 Å². The molecule has 2 heterocycles. The lowest BCUT2D eigenvalue weighted by molar-refractivity contribution is -0.132. The van der Waals surface area contributed by atoms with Crippen LogP contribution in [0.4, 0.5) is 0 Å². The Labute approximate surface area is 137 Å². The summed E-state index contributed by atoms with van der Waals surface area (Å²) in [6.07, 6.45) is 5.33. The lowest BCUT2D eigenvalue weighted by Crippen LogP contribution is -2.49. The Morgan fingerprint density at radius 2 is 2.17 bits per heavy atom. The first-order valence-corrected chi connectivity index (χ1v) is 9.41. The number of hydrogen-bond donors (Lipinski definition) is 2. The number of nitrogens with zero attached hydrogens (tertiary/aromatic N) is 3. The largest absolute Gasteiger partial charge is 0.338 e. The second-order valence-electron chi connectivity index (χ2n) is 5.74. The van der Waals surface area contributed by atoms with Crippen LogP contribution in [-0.2, 0) is 21.9 Å². The molecule has 1 aliphatic heterocycles. The van der Waals surface area contributed by atoms with Crippen molar-refractivity contribution in [2.45, 2.75) is 37.1 Å². The van der Waals surface area contributed by atoms with Crippen LogP contribution in [-0.4, -0.2) is 61.2 Å². The van der Waals surface area contributed by atoms with Crippen LogP contribution in [0.5, 0.6) is 0 Å². The lowest BCUT2D eigenvalue weighted by atomic mass is 10.0. The Kier molecular flexibility index (Phi) is 6.14. The molecule has 1 amide bonds. The van der Waals surface area contributed by atoms with Crippen LogP contribution in [0.1, 0.15) is 26.2 Å². The molecule has 1 aromatic heterocycles. The van der Waals surface area contributed by atoms with Crippen molar-refractivity contribution < 1.29 is 13.2 Å². The maximum absolute atomic E-state index is 12.5. The molecule has 0 bridgehead atoms. The van der Waals surface area contributed by atoms with Gasteiger partial charge in [-0.05, 0) is 32.4 Å². The smallest absolute Gasteiger partial charge is 0.244 e. The highest BCUT2D eigenvalue weighted by molar-refractivity contribution is 7.89. The molecule has 1 fully saturated rings. The summed E-state index contributed by atoms with van der Waals surface area (Å²) >= 11 is 0. The van der Waals surface area contributed by atoms with Gasteiger partial charge in [0.25, 0.3) is 0 Å². The van der Waals surface area contributed by atoms with Gasteiger partial charge in [-0.3, -0.25) is 9.48 Å². The van der Waals surface area contributed by atoms with Gasteiger partial charge >= 0.3 is 0 Å². The van der Waals surface area contributed by atoms with Gasteiger partial charge in [0.2, 0.25) is 15.9 Å². The molecule has 2 rings (SSSR count). The van der Waals surface area contributed by atoms with Gasteiger partial charge in [-0.15, -0.1) is 0 Å². The van der Waals surface area contributed by atoms with Gasteiger partial charge in [0.05, 0.1) is 12.7 Å². The van der Waals surface area contributed by atoms with Crippen LogP contribution < -0.4 is 10.0 Å². The zero-order valence-electron chi connectivity index (χ0n) is 13.7. The predicted octanol–water partition coefficient (Wildman–Crippen LogP) is -0.311. The normalized spacial score (nSPS) is 16.4. The monoisotopic (exact) mass is 343 g/mol. The van der Waals surface area contributed by atoms with Gasteiger partial charge in [0.15, 0.2) is 0 Å². The summed E-state index contributed by atoms with van der Waals surface area (Å²) in [5.41, 5.74) is 0. The molecule has 0 unspecified atom stereocenters. The van der Waals surface area contributed by atoms with Crippen molar-refractivity contribution in [1.29, 1.82) is 0 Å². The predicted molar refractivity (Wildman–Crippen MR) is 86.3 cm³/mol. The van der Waals surface area contributed by atoms with E-state index < -0.39 is 10.0 Å². The fourth-order valence-electron chi connectivity index (χ4n) is 2.75. The van der Waals surface area contributed by atoms with E-state index in [-0.39, 0.29) is 23.4 Å². The summed E-state index contributed by atoms with van der Waals surface area (Å²) in [4.78, 5) is 14.4. The maximum atomic E-state index is 12.5. The minimum Gasteiger partial charge on any atom is -0.338 e. The SMILES string of the molecule is CCCN(C(=O)CNS(=O)(=O)c1cnn(C)c1)C1CCNCC1. The Morgan fingerprint density at radius 3 is 2.74 bits per heavy atom. The molecule has 2 N–H and O–H groups in total. The first-order chi connectivity index (χ1) is 10.9. The maximum Gasteiger partial charge on any atom is 0.244 e. The molecule has 0 saturated carbocycles. The average molecular weight is 343 g/mol. The molecule has 8 nitrogen and oxygen atoms in total. The second kappa shape index (κ2) is 7.89. The Hall–Kier alpha value is -1.45. The average Bonchev–Trinajstić information content (AvgIpc) is 2.99.